The van der Waals surface area contributed by atoms with Gasteiger partial charge in [0.1, 0.15) is 11.8 Å². The maximum Gasteiger partial charge on any atom is 0.255 e. The van der Waals surface area contributed by atoms with E-state index in [1.165, 1.54) is 0 Å². The third-order valence-electron chi connectivity index (χ3n) is 5.05. The van der Waals surface area contributed by atoms with Crippen molar-refractivity contribution in [3.63, 3.8) is 0 Å². The molecule has 1 atom stereocenters. The SMILES string of the molecule is COc1ccc(C(=O)Nc2ccccc2C(=O)NC(C(=O)Nc2ccccc2)C(C)C)cc1. The van der Waals surface area contributed by atoms with Crippen LogP contribution in [-0.2, 0) is 4.79 Å². The number of anilines is 2. The normalized spacial score (nSPS) is 11.4. The smallest absolute Gasteiger partial charge is 0.255 e. The highest BCUT2D eigenvalue weighted by Crippen LogP contribution is 2.19. The molecule has 170 valence electrons. The summed E-state index contributed by atoms with van der Waals surface area (Å²) in [4.78, 5) is 38.6. The Balaban J connectivity index is 1.74. The monoisotopic (exact) mass is 445 g/mol. The van der Waals surface area contributed by atoms with Gasteiger partial charge in [0.15, 0.2) is 0 Å². The van der Waals surface area contributed by atoms with E-state index >= 15 is 0 Å². The molecule has 3 rings (SSSR count). The Kier molecular flexibility index (Phi) is 7.81. The van der Waals surface area contributed by atoms with Crippen molar-refractivity contribution in [2.75, 3.05) is 17.7 Å². The Bertz CT molecular complexity index is 1110. The maximum absolute atomic E-state index is 13.1. The van der Waals surface area contributed by atoms with Crippen molar-refractivity contribution in [2.45, 2.75) is 19.9 Å². The molecule has 0 spiro atoms. The third kappa shape index (κ3) is 6.20. The molecule has 7 nitrogen and oxygen atoms in total. The first-order chi connectivity index (χ1) is 15.9. The van der Waals surface area contributed by atoms with Gasteiger partial charge in [-0.3, -0.25) is 14.4 Å². The predicted molar refractivity (Wildman–Crippen MR) is 129 cm³/mol. The van der Waals surface area contributed by atoms with Crippen LogP contribution in [-0.4, -0.2) is 30.9 Å². The minimum atomic E-state index is -0.761. The Morgan fingerprint density at radius 2 is 1.39 bits per heavy atom. The minimum absolute atomic E-state index is 0.154. The number of rotatable bonds is 8. The van der Waals surface area contributed by atoms with Crippen LogP contribution in [0.2, 0.25) is 0 Å². The van der Waals surface area contributed by atoms with Crippen LogP contribution in [0.3, 0.4) is 0 Å². The molecule has 1 unspecified atom stereocenters. The molecule has 0 saturated heterocycles. The van der Waals surface area contributed by atoms with Crippen molar-refractivity contribution in [3.05, 3.63) is 90.0 Å². The van der Waals surface area contributed by atoms with E-state index in [9.17, 15) is 14.4 Å². The van der Waals surface area contributed by atoms with Crippen LogP contribution in [0.5, 0.6) is 5.75 Å². The lowest BCUT2D eigenvalue weighted by Crippen LogP contribution is -2.47. The molecular formula is C26H27N3O4. The number of hydrogen-bond donors (Lipinski definition) is 3. The number of ether oxygens (including phenoxy) is 1. The first-order valence-electron chi connectivity index (χ1n) is 10.6. The fourth-order valence-electron chi connectivity index (χ4n) is 3.22. The van der Waals surface area contributed by atoms with Crippen molar-refractivity contribution in [3.8, 4) is 5.75 Å². The van der Waals surface area contributed by atoms with Gasteiger partial charge >= 0.3 is 0 Å². The molecule has 3 amide bonds. The summed E-state index contributed by atoms with van der Waals surface area (Å²) in [7, 11) is 1.55. The van der Waals surface area contributed by atoms with Gasteiger partial charge in [-0.25, -0.2) is 0 Å². The van der Waals surface area contributed by atoms with E-state index in [0.29, 0.717) is 22.7 Å². The van der Waals surface area contributed by atoms with Crippen LogP contribution in [0.15, 0.2) is 78.9 Å². The van der Waals surface area contributed by atoms with Gasteiger partial charge in [-0.05, 0) is 54.4 Å². The van der Waals surface area contributed by atoms with Crippen LogP contribution < -0.4 is 20.7 Å². The highest BCUT2D eigenvalue weighted by molar-refractivity contribution is 6.10. The van der Waals surface area contributed by atoms with Gasteiger partial charge in [-0.1, -0.05) is 44.2 Å². The quantitative estimate of drug-likeness (QED) is 0.481. The molecule has 0 aromatic heterocycles. The minimum Gasteiger partial charge on any atom is -0.497 e. The van der Waals surface area contributed by atoms with Gasteiger partial charge in [0.25, 0.3) is 11.8 Å². The largest absolute Gasteiger partial charge is 0.497 e. The van der Waals surface area contributed by atoms with Crippen LogP contribution in [0.1, 0.15) is 34.6 Å². The summed E-state index contributed by atoms with van der Waals surface area (Å²) in [6.45, 7) is 3.71. The Labute approximate surface area is 193 Å². The number of carbonyl (C=O) groups is 3. The summed E-state index contributed by atoms with van der Waals surface area (Å²) in [6.07, 6.45) is 0. The van der Waals surface area contributed by atoms with Crippen LogP contribution >= 0.6 is 0 Å². The van der Waals surface area contributed by atoms with E-state index in [-0.39, 0.29) is 23.3 Å². The molecule has 3 N–H and O–H groups in total. The van der Waals surface area contributed by atoms with E-state index in [1.807, 2.05) is 32.0 Å². The zero-order chi connectivity index (χ0) is 23.8. The van der Waals surface area contributed by atoms with Crippen LogP contribution in [0.4, 0.5) is 11.4 Å². The van der Waals surface area contributed by atoms with Crippen LogP contribution in [0.25, 0.3) is 0 Å². The second-order valence-corrected chi connectivity index (χ2v) is 7.78. The first kappa shape index (κ1) is 23.5. The highest BCUT2D eigenvalue weighted by Gasteiger charge is 2.26. The highest BCUT2D eigenvalue weighted by atomic mass is 16.5. The van der Waals surface area contributed by atoms with E-state index in [2.05, 4.69) is 16.0 Å². The topological polar surface area (TPSA) is 96.5 Å². The number of benzene rings is 3. The van der Waals surface area contributed by atoms with Crippen molar-refractivity contribution in [1.82, 2.24) is 5.32 Å². The van der Waals surface area contributed by atoms with Crippen molar-refractivity contribution >= 4 is 29.1 Å². The first-order valence-corrected chi connectivity index (χ1v) is 10.6. The number of methoxy groups -OCH3 is 1. The molecule has 0 saturated carbocycles. The molecule has 33 heavy (non-hydrogen) atoms. The molecule has 0 aliphatic carbocycles. The van der Waals surface area contributed by atoms with Crippen LogP contribution in [0, 0.1) is 5.92 Å². The second-order valence-electron chi connectivity index (χ2n) is 7.78. The summed E-state index contributed by atoms with van der Waals surface area (Å²) in [5.74, 6) is -0.648. The van der Waals surface area contributed by atoms with Crippen molar-refractivity contribution in [1.29, 1.82) is 0 Å². The van der Waals surface area contributed by atoms with Gasteiger partial charge in [0.2, 0.25) is 5.91 Å². The van der Waals surface area contributed by atoms with Gasteiger partial charge in [-0.2, -0.15) is 0 Å². The standard InChI is InChI=1S/C26H27N3O4/c1-17(2)23(26(32)27-19-9-5-4-6-10-19)29-25(31)21-11-7-8-12-22(21)28-24(30)18-13-15-20(33-3)16-14-18/h4-17,23H,1-3H3,(H,27,32)(H,28,30)(H,29,31). The van der Waals surface area contributed by atoms with Gasteiger partial charge < -0.3 is 20.7 Å². The van der Waals surface area contributed by atoms with E-state index < -0.39 is 11.9 Å². The number of amides is 3. The lowest BCUT2D eigenvalue weighted by Gasteiger charge is -2.22. The maximum atomic E-state index is 13.1. The number of hydrogen-bond acceptors (Lipinski definition) is 4. The fraction of sp³-hybridized carbons (Fsp3) is 0.192. The average molecular weight is 446 g/mol. The average Bonchev–Trinajstić information content (AvgIpc) is 2.83. The second kappa shape index (κ2) is 10.9. The molecular weight excluding hydrogens is 418 g/mol. The van der Waals surface area contributed by atoms with Gasteiger partial charge in [-0.15, -0.1) is 0 Å². The van der Waals surface area contributed by atoms with E-state index in [1.54, 1.807) is 67.8 Å². The van der Waals surface area contributed by atoms with Gasteiger partial charge in [0, 0.05) is 11.3 Å². The summed E-state index contributed by atoms with van der Waals surface area (Å²) >= 11 is 0. The lowest BCUT2D eigenvalue weighted by molar-refractivity contribution is -0.118. The third-order valence-corrected chi connectivity index (χ3v) is 5.05. The lowest BCUT2D eigenvalue weighted by atomic mass is 10.0. The molecule has 3 aromatic rings. The molecule has 0 heterocycles. The zero-order valence-corrected chi connectivity index (χ0v) is 18.8. The summed E-state index contributed by atoms with van der Waals surface area (Å²) in [6, 6.07) is 21.6. The van der Waals surface area contributed by atoms with E-state index in [4.69, 9.17) is 4.74 Å². The van der Waals surface area contributed by atoms with Crippen molar-refractivity contribution < 1.29 is 19.1 Å². The molecule has 0 radical (unpaired) electrons. The zero-order valence-electron chi connectivity index (χ0n) is 18.8. The van der Waals surface area contributed by atoms with E-state index in [0.717, 1.165) is 0 Å². The summed E-state index contributed by atoms with van der Waals surface area (Å²) in [5, 5.41) is 8.40. The predicted octanol–water partition coefficient (Wildman–Crippen LogP) is 4.34. The molecule has 0 aliphatic rings. The Morgan fingerprint density at radius 3 is 2.03 bits per heavy atom. The summed E-state index contributed by atoms with van der Waals surface area (Å²) < 4.78 is 5.11. The molecule has 0 aliphatic heterocycles. The van der Waals surface area contributed by atoms with Crippen molar-refractivity contribution in [2.24, 2.45) is 5.92 Å². The number of carbonyl (C=O) groups excluding carboxylic acids is 3. The Morgan fingerprint density at radius 1 is 0.758 bits per heavy atom. The number of nitrogens with one attached hydrogen (secondary N) is 3. The number of para-hydroxylation sites is 2. The molecule has 3 aromatic carbocycles. The fourth-order valence-corrected chi connectivity index (χ4v) is 3.22. The summed E-state index contributed by atoms with van der Waals surface area (Å²) in [5.41, 5.74) is 1.68. The Hall–Kier alpha value is -4.13. The molecule has 0 fully saturated rings. The van der Waals surface area contributed by atoms with Gasteiger partial charge in [0.05, 0.1) is 18.4 Å². The molecule has 0 bridgehead atoms. The molecule has 7 heteroatoms.